The first-order valence-electron chi connectivity index (χ1n) is 18.6. The van der Waals surface area contributed by atoms with Gasteiger partial charge in [0.1, 0.15) is 0 Å². The molecule has 0 saturated carbocycles. The number of carboxylic acid groups (broad SMARTS) is 1. The summed E-state index contributed by atoms with van der Waals surface area (Å²) in [6, 6.07) is 0. The van der Waals surface area contributed by atoms with Crippen molar-refractivity contribution in [2.45, 2.75) is 193 Å². The number of ether oxygens (including phenoxy) is 1. The van der Waals surface area contributed by atoms with Crippen LogP contribution in [0.5, 0.6) is 0 Å². The molecule has 1 N–H and O–H groups in total. The third-order valence-electron chi connectivity index (χ3n) is 8.08. The molecule has 0 aromatic rings. The fraction of sp³-hybridized carbons (Fsp3) is 0.750. The van der Waals surface area contributed by atoms with E-state index in [1.807, 2.05) is 0 Å². The van der Waals surface area contributed by atoms with Crippen molar-refractivity contribution in [2.24, 2.45) is 0 Å². The van der Waals surface area contributed by atoms with Crippen LogP contribution < -0.4 is 0 Å². The standard InChI is InChI=1S/C40H70O4/c1-3-5-7-9-11-13-15-17-19-20-21-22-23-25-27-29-31-33-35-37-39(41)44-38(40(42)43)36-34-32-30-28-26-24-18-16-14-12-10-8-6-4-2/h11,13,17,19,21-22,25,27,38H,3-10,12,14-16,18,20,23-24,26,28-37H2,1-2H3,(H,42,43)/b13-11-,19-17-,22-21-,27-25-. The van der Waals surface area contributed by atoms with E-state index in [-0.39, 0.29) is 5.97 Å². The van der Waals surface area contributed by atoms with E-state index in [1.165, 1.54) is 96.3 Å². The minimum atomic E-state index is -1.02. The van der Waals surface area contributed by atoms with E-state index < -0.39 is 12.1 Å². The topological polar surface area (TPSA) is 63.6 Å². The molecule has 0 bridgehead atoms. The first kappa shape index (κ1) is 41.9. The van der Waals surface area contributed by atoms with Crippen molar-refractivity contribution in [1.82, 2.24) is 0 Å². The van der Waals surface area contributed by atoms with Crippen molar-refractivity contribution in [1.29, 1.82) is 0 Å². The van der Waals surface area contributed by atoms with Crippen LogP contribution in [-0.2, 0) is 14.3 Å². The van der Waals surface area contributed by atoms with Gasteiger partial charge in [0.25, 0.3) is 0 Å². The molecule has 0 spiro atoms. The van der Waals surface area contributed by atoms with E-state index in [0.29, 0.717) is 12.8 Å². The van der Waals surface area contributed by atoms with Gasteiger partial charge in [0.05, 0.1) is 0 Å². The van der Waals surface area contributed by atoms with E-state index in [2.05, 4.69) is 62.5 Å². The number of carbonyl (C=O) groups excluding carboxylic acids is 1. The molecule has 0 heterocycles. The summed E-state index contributed by atoms with van der Waals surface area (Å²) in [5.74, 6) is -1.39. The summed E-state index contributed by atoms with van der Waals surface area (Å²) in [7, 11) is 0. The van der Waals surface area contributed by atoms with Crippen LogP contribution in [0.15, 0.2) is 48.6 Å². The van der Waals surface area contributed by atoms with Gasteiger partial charge in [-0.05, 0) is 64.2 Å². The van der Waals surface area contributed by atoms with Gasteiger partial charge >= 0.3 is 11.9 Å². The Morgan fingerprint density at radius 3 is 1.32 bits per heavy atom. The molecule has 0 aromatic heterocycles. The van der Waals surface area contributed by atoms with Crippen LogP contribution in [0.25, 0.3) is 0 Å². The quantitative estimate of drug-likeness (QED) is 0.0454. The Morgan fingerprint density at radius 1 is 0.500 bits per heavy atom. The number of allylic oxidation sites excluding steroid dienone is 8. The van der Waals surface area contributed by atoms with Crippen LogP contribution in [-0.4, -0.2) is 23.1 Å². The SMILES string of the molecule is CCCCC/C=C\C/C=C\C/C=C\C/C=C\CCCCCC(=O)OC(CCCCCCCCCCCCCCCC)C(=O)O. The highest BCUT2D eigenvalue weighted by molar-refractivity contribution is 5.77. The fourth-order valence-electron chi connectivity index (χ4n) is 5.24. The Morgan fingerprint density at radius 2 is 0.864 bits per heavy atom. The van der Waals surface area contributed by atoms with Gasteiger partial charge in [0.15, 0.2) is 6.10 Å². The van der Waals surface area contributed by atoms with Crippen molar-refractivity contribution >= 4 is 11.9 Å². The molecule has 4 heteroatoms. The zero-order valence-electron chi connectivity index (χ0n) is 29.0. The second-order valence-electron chi connectivity index (χ2n) is 12.4. The first-order chi connectivity index (χ1) is 21.6. The average Bonchev–Trinajstić information content (AvgIpc) is 3.01. The molecule has 0 saturated heterocycles. The number of hydrogen-bond donors (Lipinski definition) is 1. The lowest BCUT2D eigenvalue weighted by Gasteiger charge is -2.13. The summed E-state index contributed by atoms with van der Waals surface area (Å²) < 4.78 is 5.29. The van der Waals surface area contributed by atoms with E-state index in [4.69, 9.17) is 4.74 Å². The Bertz CT molecular complexity index is 748. The van der Waals surface area contributed by atoms with Crippen molar-refractivity contribution in [2.75, 3.05) is 0 Å². The van der Waals surface area contributed by atoms with Gasteiger partial charge in [-0.2, -0.15) is 0 Å². The van der Waals surface area contributed by atoms with Gasteiger partial charge in [0.2, 0.25) is 0 Å². The lowest BCUT2D eigenvalue weighted by atomic mass is 10.0. The normalized spacial score (nSPS) is 12.8. The smallest absolute Gasteiger partial charge is 0.345 e. The molecule has 1 unspecified atom stereocenters. The molecule has 0 aliphatic carbocycles. The van der Waals surface area contributed by atoms with Gasteiger partial charge < -0.3 is 9.84 Å². The highest BCUT2D eigenvalue weighted by Gasteiger charge is 2.21. The molecule has 0 aliphatic heterocycles. The molecule has 0 radical (unpaired) electrons. The van der Waals surface area contributed by atoms with Gasteiger partial charge in [-0.3, -0.25) is 4.79 Å². The number of esters is 1. The molecule has 1 atom stereocenters. The van der Waals surface area contributed by atoms with Crippen molar-refractivity contribution < 1.29 is 19.4 Å². The fourth-order valence-corrected chi connectivity index (χ4v) is 5.24. The third kappa shape index (κ3) is 32.8. The molecule has 0 fully saturated rings. The first-order valence-corrected chi connectivity index (χ1v) is 18.6. The van der Waals surface area contributed by atoms with E-state index in [1.54, 1.807) is 0 Å². The number of unbranched alkanes of at least 4 members (excludes halogenated alkanes) is 19. The molecule has 0 aliphatic rings. The summed E-state index contributed by atoms with van der Waals surface area (Å²) in [5.41, 5.74) is 0. The van der Waals surface area contributed by atoms with E-state index in [0.717, 1.165) is 64.2 Å². The van der Waals surface area contributed by atoms with Gasteiger partial charge in [-0.25, -0.2) is 4.79 Å². The number of carbonyl (C=O) groups is 2. The van der Waals surface area contributed by atoms with Crippen LogP contribution in [0, 0.1) is 0 Å². The molecule has 254 valence electrons. The number of hydrogen-bond acceptors (Lipinski definition) is 3. The number of aliphatic carboxylic acids is 1. The molecule has 0 rings (SSSR count). The lowest BCUT2D eigenvalue weighted by Crippen LogP contribution is -2.27. The Balaban J connectivity index is 3.67. The molecular formula is C40H70O4. The highest BCUT2D eigenvalue weighted by atomic mass is 16.6. The molecule has 4 nitrogen and oxygen atoms in total. The van der Waals surface area contributed by atoms with Crippen LogP contribution >= 0.6 is 0 Å². The van der Waals surface area contributed by atoms with Gasteiger partial charge in [0, 0.05) is 6.42 Å². The summed E-state index contributed by atoms with van der Waals surface area (Å²) >= 11 is 0. The predicted octanol–water partition coefficient (Wildman–Crippen LogP) is 12.8. The maximum Gasteiger partial charge on any atom is 0.345 e. The van der Waals surface area contributed by atoms with Crippen molar-refractivity contribution in [3.63, 3.8) is 0 Å². The van der Waals surface area contributed by atoms with E-state index in [9.17, 15) is 14.7 Å². The number of carboxylic acids is 1. The van der Waals surface area contributed by atoms with Crippen molar-refractivity contribution in [3.8, 4) is 0 Å². The minimum Gasteiger partial charge on any atom is -0.479 e. The Hall–Kier alpha value is -2.10. The Labute approximate surface area is 272 Å². The second kappa shape index (κ2) is 35.4. The van der Waals surface area contributed by atoms with Gasteiger partial charge in [-0.1, -0.05) is 165 Å². The zero-order chi connectivity index (χ0) is 32.2. The lowest BCUT2D eigenvalue weighted by molar-refractivity contribution is -0.164. The minimum absolute atomic E-state index is 0.303. The maximum absolute atomic E-state index is 12.2. The summed E-state index contributed by atoms with van der Waals surface area (Å²) in [6.07, 6.45) is 47.1. The molecule has 0 amide bonds. The molecule has 0 aromatic carbocycles. The molecular weight excluding hydrogens is 544 g/mol. The zero-order valence-corrected chi connectivity index (χ0v) is 29.0. The Kier molecular flexibility index (Phi) is 33.7. The van der Waals surface area contributed by atoms with Crippen LogP contribution in [0.4, 0.5) is 0 Å². The largest absolute Gasteiger partial charge is 0.479 e. The second-order valence-corrected chi connectivity index (χ2v) is 12.4. The van der Waals surface area contributed by atoms with Crippen LogP contribution in [0.3, 0.4) is 0 Å². The number of rotatable bonds is 33. The average molecular weight is 615 g/mol. The van der Waals surface area contributed by atoms with Crippen LogP contribution in [0.1, 0.15) is 187 Å². The van der Waals surface area contributed by atoms with Crippen LogP contribution in [0.2, 0.25) is 0 Å². The highest BCUT2D eigenvalue weighted by Crippen LogP contribution is 2.15. The summed E-state index contributed by atoms with van der Waals surface area (Å²) in [6.45, 7) is 4.50. The summed E-state index contributed by atoms with van der Waals surface area (Å²) in [4.78, 5) is 23.7. The molecule has 44 heavy (non-hydrogen) atoms. The maximum atomic E-state index is 12.2. The van der Waals surface area contributed by atoms with E-state index >= 15 is 0 Å². The third-order valence-corrected chi connectivity index (χ3v) is 8.08. The summed E-state index contributed by atoms with van der Waals surface area (Å²) in [5, 5.41) is 9.47. The van der Waals surface area contributed by atoms with Gasteiger partial charge in [-0.15, -0.1) is 0 Å². The predicted molar refractivity (Wildman–Crippen MR) is 190 cm³/mol. The monoisotopic (exact) mass is 615 g/mol. The van der Waals surface area contributed by atoms with Crippen molar-refractivity contribution in [3.05, 3.63) is 48.6 Å².